The largest absolute Gasteiger partial charge is 0.298 e. The number of ketones is 1. The normalized spacial score (nSPS) is 32.6. The zero-order valence-corrected chi connectivity index (χ0v) is 16.3. The minimum Gasteiger partial charge on any atom is -0.298 e. The molecule has 4 aliphatic rings. The van der Waals surface area contributed by atoms with E-state index < -0.39 is 0 Å². The van der Waals surface area contributed by atoms with E-state index in [2.05, 4.69) is 15.2 Å². The van der Waals surface area contributed by atoms with Gasteiger partial charge in [0.2, 0.25) is 5.16 Å². The molecule has 4 bridgehead atoms. The molecule has 6 rings (SSSR count). The molecule has 0 saturated heterocycles. The minimum atomic E-state index is -0.331. The van der Waals surface area contributed by atoms with E-state index in [4.69, 9.17) is 0 Å². The molecule has 6 heteroatoms. The van der Waals surface area contributed by atoms with Crippen molar-refractivity contribution >= 4 is 17.5 Å². The lowest BCUT2D eigenvalue weighted by Gasteiger charge is -2.56. The summed E-state index contributed by atoms with van der Waals surface area (Å²) in [6.45, 7) is 1.98. The fraction of sp³-hybridized carbons (Fsp3) is 0.571. The number of benzene rings is 1. The van der Waals surface area contributed by atoms with E-state index >= 15 is 0 Å². The maximum absolute atomic E-state index is 13.9. The molecule has 2 aromatic rings. The number of carbonyl (C=O) groups excluding carboxylic acids is 1. The lowest BCUT2D eigenvalue weighted by atomic mass is 9.48. The SMILES string of the molecule is CC(Sc1n[nH]c(-c2ccccc2F)n1)C(=O)C12CC3CC(CC(C3)C1)C2. The van der Waals surface area contributed by atoms with Crippen molar-refractivity contribution in [3.05, 3.63) is 30.1 Å². The Labute approximate surface area is 162 Å². The van der Waals surface area contributed by atoms with Crippen LogP contribution in [0, 0.1) is 29.0 Å². The molecule has 1 aromatic carbocycles. The molecule has 4 saturated carbocycles. The van der Waals surface area contributed by atoms with Gasteiger partial charge >= 0.3 is 0 Å². The number of H-pyrrole nitrogens is 1. The molecule has 0 spiro atoms. The fourth-order valence-corrected chi connectivity index (χ4v) is 7.04. The number of aromatic nitrogens is 3. The van der Waals surface area contributed by atoms with Crippen LogP contribution >= 0.6 is 11.8 Å². The number of aromatic amines is 1. The van der Waals surface area contributed by atoms with Gasteiger partial charge in [-0.3, -0.25) is 9.89 Å². The van der Waals surface area contributed by atoms with Crippen molar-refractivity contribution in [3.8, 4) is 11.4 Å². The van der Waals surface area contributed by atoms with E-state index in [0.717, 1.165) is 37.0 Å². The molecule has 0 amide bonds. The number of hydrogen-bond donors (Lipinski definition) is 1. The third kappa shape index (κ3) is 3.02. The van der Waals surface area contributed by atoms with Crippen molar-refractivity contribution in [2.24, 2.45) is 23.2 Å². The Morgan fingerprint density at radius 2 is 1.81 bits per heavy atom. The van der Waals surface area contributed by atoms with Gasteiger partial charge in [-0.15, -0.1) is 5.10 Å². The van der Waals surface area contributed by atoms with E-state index in [9.17, 15) is 9.18 Å². The first-order valence-corrected chi connectivity index (χ1v) is 10.8. The first-order valence-electron chi connectivity index (χ1n) is 9.91. The Morgan fingerprint density at radius 1 is 1.19 bits per heavy atom. The molecule has 27 heavy (non-hydrogen) atoms. The zero-order valence-electron chi connectivity index (χ0n) is 15.5. The Morgan fingerprint density at radius 3 is 2.44 bits per heavy atom. The van der Waals surface area contributed by atoms with Gasteiger partial charge in [-0.05, 0) is 75.3 Å². The Balaban J connectivity index is 1.32. The molecular weight excluding hydrogens is 361 g/mol. The Hall–Kier alpha value is -1.69. The van der Waals surface area contributed by atoms with Crippen LogP contribution in [-0.2, 0) is 4.79 Å². The Bertz CT molecular complexity index is 845. The number of rotatable bonds is 5. The highest BCUT2D eigenvalue weighted by molar-refractivity contribution is 8.00. The Kier molecular flexibility index (Phi) is 4.15. The van der Waals surface area contributed by atoms with Gasteiger partial charge < -0.3 is 0 Å². The number of Topliss-reactive ketones (excluding diaryl/α,β-unsaturated/α-hetero) is 1. The highest BCUT2D eigenvalue weighted by Crippen LogP contribution is 2.61. The molecule has 4 aliphatic carbocycles. The summed E-state index contributed by atoms with van der Waals surface area (Å²) in [6.07, 6.45) is 7.24. The lowest BCUT2D eigenvalue weighted by molar-refractivity contribution is -0.142. The van der Waals surface area contributed by atoms with Crippen LogP contribution in [0.3, 0.4) is 0 Å². The average molecular weight is 386 g/mol. The predicted molar refractivity (Wildman–Crippen MR) is 103 cm³/mol. The average Bonchev–Trinajstić information content (AvgIpc) is 3.08. The van der Waals surface area contributed by atoms with Gasteiger partial charge in [0.1, 0.15) is 5.82 Å². The molecule has 0 radical (unpaired) electrons. The van der Waals surface area contributed by atoms with E-state index in [0.29, 0.717) is 22.3 Å². The number of thioether (sulfide) groups is 1. The summed E-state index contributed by atoms with van der Waals surface area (Å²) in [6, 6.07) is 6.50. The number of nitrogens with one attached hydrogen (secondary N) is 1. The van der Waals surface area contributed by atoms with Crippen molar-refractivity contribution < 1.29 is 9.18 Å². The van der Waals surface area contributed by atoms with Crippen LogP contribution in [0.5, 0.6) is 0 Å². The van der Waals surface area contributed by atoms with Crippen LogP contribution in [0.25, 0.3) is 11.4 Å². The number of hydrogen-bond acceptors (Lipinski definition) is 4. The highest BCUT2D eigenvalue weighted by Gasteiger charge is 2.55. The highest BCUT2D eigenvalue weighted by atomic mass is 32.2. The lowest BCUT2D eigenvalue weighted by Crippen LogP contribution is -2.51. The summed E-state index contributed by atoms with van der Waals surface area (Å²) in [7, 11) is 0. The van der Waals surface area contributed by atoms with Crippen molar-refractivity contribution in [1.82, 2.24) is 15.2 Å². The molecule has 1 N–H and O–H groups in total. The first-order chi connectivity index (χ1) is 13.0. The predicted octanol–water partition coefficient (Wildman–Crippen LogP) is 4.88. The monoisotopic (exact) mass is 385 g/mol. The summed E-state index contributed by atoms with van der Waals surface area (Å²) in [5.74, 6) is 2.73. The van der Waals surface area contributed by atoms with Crippen molar-refractivity contribution in [2.45, 2.75) is 55.9 Å². The summed E-state index contributed by atoms with van der Waals surface area (Å²) in [5, 5.41) is 7.36. The van der Waals surface area contributed by atoms with Crippen LogP contribution in [0.2, 0.25) is 0 Å². The minimum absolute atomic E-state index is 0.105. The molecule has 1 aromatic heterocycles. The molecule has 0 aliphatic heterocycles. The van der Waals surface area contributed by atoms with Gasteiger partial charge in [0.05, 0.1) is 10.8 Å². The first kappa shape index (κ1) is 17.4. The van der Waals surface area contributed by atoms with Gasteiger partial charge in [-0.2, -0.15) is 0 Å². The molecule has 142 valence electrons. The molecule has 4 fully saturated rings. The second-order valence-corrected chi connectivity index (χ2v) is 10.1. The molecule has 1 heterocycles. The standard InChI is InChI=1S/C21H24FN3OS/c1-12(18(26)21-9-13-6-14(10-21)8-15(7-13)11-21)27-20-23-19(24-25-20)16-4-2-3-5-17(16)22/h2-5,12-15H,6-11H2,1H3,(H,23,24,25). The second-order valence-electron chi connectivity index (χ2n) is 8.77. The molecule has 4 nitrogen and oxygen atoms in total. The van der Waals surface area contributed by atoms with Crippen molar-refractivity contribution in [1.29, 1.82) is 0 Å². The number of carbonyl (C=O) groups is 1. The maximum atomic E-state index is 13.9. The van der Waals surface area contributed by atoms with Crippen LogP contribution in [0.4, 0.5) is 4.39 Å². The van der Waals surface area contributed by atoms with Gasteiger partial charge in [-0.25, -0.2) is 9.37 Å². The van der Waals surface area contributed by atoms with E-state index in [1.54, 1.807) is 18.2 Å². The third-order valence-corrected chi connectivity index (χ3v) is 7.77. The third-order valence-electron chi connectivity index (χ3n) is 6.81. The smallest absolute Gasteiger partial charge is 0.209 e. The number of nitrogens with zero attached hydrogens (tertiary/aromatic N) is 2. The summed E-state index contributed by atoms with van der Waals surface area (Å²) >= 11 is 1.40. The quantitative estimate of drug-likeness (QED) is 0.746. The van der Waals surface area contributed by atoms with E-state index in [1.807, 2.05) is 6.92 Å². The van der Waals surface area contributed by atoms with E-state index in [-0.39, 0.29) is 16.5 Å². The van der Waals surface area contributed by atoms with Gasteiger partial charge in [0.25, 0.3) is 0 Å². The van der Waals surface area contributed by atoms with Crippen LogP contribution in [0.15, 0.2) is 29.4 Å². The van der Waals surface area contributed by atoms with Crippen LogP contribution < -0.4 is 0 Å². The van der Waals surface area contributed by atoms with Gasteiger partial charge in [-0.1, -0.05) is 23.9 Å². The number of halogens is 1. The zero-order chi connectivity index (χ0) is 18.6. The fourth-order valence-electron chi connectivity index (χ4n) is 6.13. The summed E-state index contributed by atoms with van der Waals surface area (Å²) < 4.78 is 13.9. The van der Waals surface area contributed by atoms with Crippen LogP contribution in [-0.4, -0.2) is 26.2 Å². The maximum Gasteiger partial charge on any atom is 0.209 e. The molecular formula is C21H24FN3OS. The van der Waals surface area contributed by atoms with Gasteiger partial charge in [0.15, 0.2) is 11.6 Å². The van der Waals surface area contributed by atoms with Crippen molar-refractivity contribution in [2.75, 3.05) is 0 Å². The summed E-state index contributed by atoms with van der Waals surface area (Å²) in [5.41, 5.74) is 0.295. The molecule has 1 unspecified atom stereocenters. The van der Waals surface area contributed by atoms with Crippen LogP contribution in [0.1, 0.15) is 45.4 Å². The second kappa shape index (κ2) is 6.43. The van der Waals surface area contributed by atoms with Crippen molar-refractivity contribution in [3.63, 3.8) is 0 Å². The molecule has 1 atom stereocenters. The van der Waals surface area contributed by atoms with Gasteiger partial charge in [0, 0.05) is 5.41 Å². The summed E-state index contributed by atoms with van der Waals surface area (Å²) in [4.78, 5) is 17.8. The van der Waals surface area contributed by atoms with E-state index in [1.165, 1.54) is 37.1 Å². The topological polar surface area (TPSA) is 58.6 Å².